The largest absolute Gasteiger partial charge is 0.321 e. The summed E-state index contributed by atoms with van der Waals surface area (Å²) in [4.78, 5) is 17.4. The number of rotatable bonds is 4. The average molecular weight is 398 g/mol. The molecular formula is C21H23N3O3S. The Bertz CT molecular complexity index is 1180. The van der Waals surface area contributed by atoms with E-state index in [0.29, 0.717) is 16.8 Å². The van der Waals surface area contributed by atoms with Gasteiger partial charge in [-0.25, -0.2) is 12.7 Å². The molecular weight excluding hydrogens is 374 g/mol. The Balaban J connectivity index is 2.05. The number of anilines is 1. The fourth-order valence-electron chi connectivity index (χ4n) is 3.04. The third kappa shape index (κ3) is 3.50. The second-order valence-electron chi connectivity index (χ2n) is 6.99. The van der Waals surface area contributed by atoms with Crippen molar-refractivity contribution in [3.05, 3.63) is 64.8 Å². The minimum absolute atomic E-state index is 0.137. The quantitative estimate of drug-likeness (QED) is 0.729. The van der Waals surface area contributed by atoms with E-state index < -0.39 is 10.0 Å². The van der Waals surface area contributed by atoms with Crippen LogP contribution in [0.15, 0.2) is 47.5 Å². The number of nitrogens with zero attached hydrogens (tertiary/aromatic N) is 2. The molecule has 0 aliphatic carbocycles. The van der Waals surface area contributed by atoms with Crippen LogP contribution < -0.4 is 5.32 Å². The highest BCUT2D eigenvalue weighted by atomic mass is 32.2. The number of sulfonamides is 1. The molecule has 3 rings (SSSR count). The van der Waals surface area contributed by atoms with Crippen LogP contribution in [0.5, 0.6) is 0 Å². The molecule has 3 aromatic rings. The van der Waals surface area contributed by atoms with Crippen LogP contribution in [-0.4, -0.2) is 37.7 Å². The number of pyridine rings is 1. The first-order chi connectivity index (χ1) is 13.1. The van der Waals surface area contributed by atoms with Gasteiger partial charge in [-0.2, -0.15) is 0 Å². The molecule has 2 aromatic carbocycles. The maximum atomic E-state index is 12.9. The lowest BCUT2D eigenvalue weighted by molar-refractivity contribution is 0.102. The van der Waals surface area contributed by atoms with Gasteiger partial charge in [0.05, 0.1) is 16.1 Å². The number of hydrogen-bond donors (Lipinski definition) is 1. The summed E-state index contributed by atoms with van der Waals surface area (Å²) in [5.41, 5.74) is 4.13. The van der Waals surface area contributed by atoms with Crippen molar-refractivity contribution in [1.29, 1.82) is 0 Å². The van der Waals surface area contributed by atoms with Gasteiger partial charge in [0, 0.05) is 31.2 Å². The van der Waals surface area contributed by atoms with Crippen molar-refractivity contribution in [1.82, 2.24) is 9.29 Å². The Morgan fingerprint density at radius 2 is 1.75 bits per heavy atom. The first-order valence-corrected chi connectivity index (χ1v) is 10.3. The van der Waals surface area contributed by atoms with E-state index in [-0.39, 0.29) is 10.8 Å². The molecule has 0 saturated heterocycles. The molecule has 0 radical (unpaired) electrons. The molecule has 0 atom stereocenters. The zero-order chi connectivity index (χ0) is 20.6. The van der Waals surface area contributed by atoms with E-state index in [0.717, 1.165) is 26.3 Å². The molecule has 0 saturated carbocycles. The van der Waals surface area contributed by atoms with Crippen LogP contribution >= 0.6 is 0 Å². The number of aryl methyl sites for hydroxylation is 2. The predicted octanol–water partition coefficient (Wildman–Crippen LogP) is 3.66. The number of hydrogen-bond acceptors (Lipinski definition) is 4. The van der Waals surface area contributed by atoms with Gasteiger partial charge in [-0.15, -0.1) is 0 Å². The number of aromatic nitrogens is 1. The van der Waals surface area contributed by atoms with Crippen LogP contribution in [0.2, 0.25) is 0 Å². The molecule has 0 fully saturated rings. The number of fused-ring (bicyclic) bond motifs is 1. The molecule has 7 heteroatoms. The Morgan fingerprint density at radius 3 is 2.43 bits per heavy atom. The molecule has 0 aliphatic heterocycles. The molecule has 28 heavy (non-hydrogen) atoms. The fraction of sp³-hybridized carbons (Fsp3) is 0.238. The second-order valence-corrected chi connectivity index (χ2v) is 9.11. The van der Waals surface area contributed by atoms with E-state index in [1.54, 1.807) is 26.1 Å². The average Bonchev–Trinajstić information content (AvgIpc) is 2.65. The predicted molar refractivity (Wildman–Crippen MR) is 111 cm³/mol. The van der Waals surface area contributed by atoms with Gasteiger partial charge in [0.1, 0.15) is 0 Å². The molecule has 6 nitrogen and oxygen atoms in total. The monoisotopic (exact) mass is 397 g/mol. The summed E-state index contributed by atoms with van der Waals surface area (Å²) in [7, 11) is -0.707. The smallest absolute Gasteiger partial charge is 0.255 e. The lowest BCUT2D eigenvalue weighted by Crippen LogP contribution is -2.24. The van der Waals surface area contributed by atoms with Crippen molar-refractivity contribution < 1.29 is 13.2 Å². The van der Waals surface area contributed by atoms with Crippen molar-refractivity contribution in [2.75, 3.05) is 19.4 Å². The highest BCUT2D eigenvalue weighted by molar-refractivity contribution is 7.89. The molecule has 0 unspecified atom stereocenters. The van der Waals surface area contributed by atoms with Crippen molar-refractivity contribution in [3.8, 4) is 0 Å². The highest BCUT2D eigenvalue weighted by Gasteiger charge is 2.23. The van der Waals surface area contributed by atoms with E-state index in [4.69, 9.17) is 0 Å². The van der Waals surface area contributed by atoms with Crippen molar-refractivity contribution in [3.63, 3.8) is 0 Å². The minimum atomic E-state index is -3.66. The lowest BCUT2D eigenvalue weighted by atomic mass is 10.0. The van der Waals surface area contributed by atoms with Crippen LogP contribution in [0.1, 0.15) is 27.0 Å². The third-order valence-electron chi connectivity index (χ3n) is 4.86. The van der Waals surface area contributed by atoms with Crippen LogP contribution in [0.4, 0.5) is 5.69 Å². The van der Waals surface area contributed by atoms with E-state index in [2.05, 4.69) is 10.3 Å². The maximum absolute atomic E-state index is 12.9. The Kier molecular flexibility index (Phi) is 5.23. The zero-order valence-electron chi connectivity index (χ0n) is 16.6. The molecule has 0 spiro atoms. The Labute approximate surface area is 165 Å². The maximum Gasteiger partial charge on any atom is 0.255 e. The summed E-state index contributed by atoms with van der Waals surface area (Å²) in [6.45, 7) is 5.50. The summed E-state index contributed by atoms with van der Waals surface area (Å²) in [5.74, 6) is -0.368. The van der Waals surface area contributed by atoms with Gasteiger partial charge in [-0.05, 0) is 67.8 Å². The normalized spacial score (nSPS) is 11.8. The highest BCUT2D eigenvalue weighted by Crippen LogP contribution is 2.27. The first-order valence-electron chi connectivity index (χ1n) is 8.82. The van der Waals surface area contributed by atoms with Gasteiger partial charge in [0.25, 0.3) is 5.91 Å². The first kappa shape index (κ1) is 20.0. The van der Waals surface area contributed by atoms with Crippen LogP contribution in [0.3, 0.4) is 0 Å². The van der Waals surface area contributed by atoms with E-state index in [1.165, 1.54) is 20.2 Å². The van der Waals surface area contributed by atoms with Gasteiger partial charge >= 0.3 is 0 Å². The number of carbonyl (C=O) groups excluding carboxylic acids is 1. The third-order valence-corrected chi connectivity index (χ3v) is 6.80. The molecule has 0 aliphatic rings. The van der Waals surface area contributed by atoms with Gasteiger partial charge in [-0.1, -0.05) is 6.07 Å². The topological polar surface area (TPSA) is 79.4 Å². The van der Waals surface area contributed by atoms with Crippen LogP contribution in [0, 0.1) is 20.8 Å². The number of benzene rings is 2. The fourth-order valence-corrected chi connectivity index (χ4v) is 4.26. The van der Waals surface area contributed by atoms with Gasteiger partial charge < -0.3 is 5.32 Å². The molecule has 146 valence electrons. The molecule has 1 N–H and O–H groups in total. The number of amides is 1. The Hall–Kier alpha value is -2.77. The lowest BCUT2D eigenvalue weighted by Gasteiger charge is -2.17. The second kappa shape index (κ2) is 7.33. The zero-order valence-corrected chi connectivity index (χ0v) is 17.4. The summed E-state index contributed by atoms with van der Waals surface area (Å²) in [6.07, 6.45) is 1.71. The summed E-state index contributed by atoms with van der Waals surface area (Å²) in [6, 6.07) is 10.6. The molecule has 1 aromatic heterocycles. The van der Waals surface area contributed by atoms with Gasteiger partial charge in [0.2, 0.25) is 10.0 Å². The van der Waals surface area contributed by atoms with E-state index in [1.807, 2.05) is 31.2 Å². The number of nitrogens with one attached hydrogen (secondary N) is 1. The van der Waals surface area contributed by atoms with Crippen LogP contribution in [-0.2, 0) is 10.0 Å². The summed E-state index contributed by atoms with van der Waals surface area (Å²) in [5, 5.41) is 3.73. The summed E-state index contributed by atoms with van der Waals surface area (Å²) >= 11 is 0. The van der Waals surface area contributed by atoms with Crippen LogP contribution in [0.25, 0.3) is 10.9 Å². The Morgan fingerprint density at radius 1 is 1.04 bits per heavy atom. The van der Waals surface area contributed by atoms with Gasteiger partial charge in [0.15, 0.2) is 0 Å². The summed E-state index contributed by atoms with van der Waals surface area (Å²) < 4.78 is 26.4. The molecule has 1 amide bonds. The SMILES string of the molecule is Cc1cc(C(=O)Nc2ccc(C)c3ncccc23)cc(S(=O)(=O)N(C)C)c1C. The van der Waals surface area contributed by atoms with E-state index in [9.17, 15) is 13.2 Å². The van der Waals surface area contributed by atoms with Crippen molar-refractivity contribution in [2.24, 2.45) is 0 Å². The molecule has 0 bridgehead atoms. The minimum Gasteiger partial charge on any atom is -0.321 e. The van der Waals surface area contributed by atoms with E-state index >= 15 is 0 Å². The number of carbonyl (C=O) groups is 1. The van der Waals surface area contributed by atoms with Gasteiger partial charge in [-0.3, -0.25) is 9.78 Å². The molecule has 1 heterocycles. The van der Waals surface area contributed by atoms with Crippen molar-refractivity contribution in [2.45, 2.75) is 25.7 Å². The standard InChI is InChI=1S/C21H23N3O3S/c1-13-8-9-18(17-7-6-10-22-20(13)17)23-21(25)16-11-14(2)15(3)19(12-16)28(26,27)24(4)5/h6-12H,1-5H3,(H,23,25). The van der Waals surface area contributed by atoms with Crippen molar-refractivity contribution >= 4 is 32.5 Å².